The lowest BCUT2D eigenvalue weighted by Gasteiger charge is -2.08. The highest BCUT2D eigenvalue weighted by atomic mass is 16.1. The van der Waals surface area contributed by atoms with Gasteiger partial charge in [-0.1, -0.05) is 32.1 Å². The first kappa shape index (κ1) is 12.7. The predicted octanol–water partition coefficient (Wildman–Crippen LogP) is 4.18. The second kappa shape index (κ2) is 5.11. The quantitative estimate of drug-likeness (QED) is 0.693. The Hall–Kier alpha value is -1.37. The molecule has 1 rings (SSSR count). The van der Waals surface area contributed by atoms with Gasteiger partial charge < -0.3 is 0 Å². The van der Waals surface area contributed by atoms with E-state index >= 15 is 0 Å². The lowest BCUT2D eigenvalue weighted by atomic mass is 9.97. The molecule has 0 aliphatic heterocycles. The van der Waals surface area contributed by atoms with Crippen LogP contribution in [0.15, 0.2) is 18.2 Å². The van der Waals surface area contributed by atoms with Crippen molar-refractivity contribution >= 4 is 11.9 Å². The van der Waals surface area contributed by atoms with Gasteiger partial charge in [0.15, 0.2) is 5.78 Å². The Kier molecular flexibility index (Phi) is 4.05. The Morgan fingerprint density at radius 2 is 1.88 bits per heavy atom. The average molecular weight is 216 g/mol. The van der Waals surface area contributed by atoms with Gasteiger partial charge in [0.2, 0.25) is 0 Å². The zero-order valence-corrected chi connectivity index (χ0v) is 10.8. The fraction of sp³-hybridized carbons (Fsp3) is 0.400. The summed E-state index contributed by atoms with van der Waals surface area (Å²) in [6.45, 7) is 9.96. The van der Waals surface area contributed by atoms with E-state index in [1.54, 1.807) is 6.92 Å². The van der Waals surface area contributed by atoms with Gasteiger partial charge in [-0.05, 0) is 49.4 Å². The summed E-state index contributed by atoms with van der Waals surface area (Å²) in [7, 11) is 0. The molecule has 0 radical (unpaired) electrons. The Morgan fingerprint density at radius 1 is 1.25 bits per heavy atom. The number of ketones is 1. The number of Topliss-reactive ketones (excluding diaryl/α,β-unsaturated/α-hetero) is 1. The van der Waals surface area contributed by atoms with Gasteiger partial charge >= 0.3 is 0 Å². The standard InChI is InChI=1S/C15H20O/c1-10(2)6-7-14-8-11(3)12(4)15(9-14)13(5)16/h6-10H,1-5H3/b7-6+. The van der Waals surface area contributed by atoms with Gasteiger partial charge in [0.1, 0.15) is 0 Å². The topological polar surface area (TPSA) is 17.1 Å². The second-order valence-electron chi connectivity index (χ2n) is 4.67. The Balaban J connectivity index is 3.19. The predicted molar refractivity (Wildman–Crippen MR) is 69.8 cm³/mol. The molecule has 0 aliphatic rings. The summed E-state index contributed by atoms with van der Waals surface area (Å²) >= 11 is 0. The molecule has 0 bridgehead atoms. The van der Waals surface area contributed by atoms with E-state index in [0.29, 0.717) is 5.92 Å². The van der Waals surface area contributed by atoms with E-state index in [1.807, 2.05) is 13.0 Å². The molecule has 0 amide bonds. The van der Waals surface area contributed by atoms with Gasteiger partial charge in [0.05, 0.1) is 0 Å². The summed E-state index contributed by atoms with van der Waals surface area (Å²) in [6.07, 6.45) is 4.23. The zero-order chi connectivity index (χ0) is 12.3. The SMILES string of the molecule is CC(=O)c1cc(/C=C/C(C)C)cc(C)c1C. The van der Waals surface area contributed by atoms with Gasteiger partial charge in [0.25, 0.3) is 0 Å². The molecule has 1 heteroatoms. The number of allylic oxidation sites excluding steroid dienone is 1. The summed E-state index contributed by atoms with van der Waals surface area (Å²) in [5, 5.41) is 0. The number of carbonyl (C=O) groups excluding carboxylic acids is 1. The molecule has 86 valence electrons. The third-order valence-corrected chi connectivity index (χ3v) is 2.74. The van der Waals surface area contributed by atoms with Gasteiger partial charge in [-0.2, -0.15) is 0 Å². The molecule has 1 aromatic rings. The van der Waals surface area contributed by atoms with Crippen molar-refractivity contribution in [1.29, 1.82) is 0 Å². The van der Waals surface area contributed by atoms with Crippen LogP contribution in [0.2, 0.25) is 0 Å². The van der Waals surface area contributed by atoms with Crippen molar-refractivity contribution in [3.05, 3.63) is 40.5 Å². The number of carbonyl (C=O) groups is 1. The maximum absolute atomic E-state index is 11.5. The Bertz CT molecular complexity index is 425. The number of benzene rings is 1. The summed E-state index contributed by atoms with van der Waals surface area (Å²) in [6, 6.07) is 4.10. The molecule has 0 N–H and O–H groups in total. The molecule has 1 aromatic carbocycles. The first-order valence-corrected chi connectivity index (χ1v) is 5.72. The van der Waals surface area contributed by atoms with Crippen LogP contribution >= 0.6 is 0 Å². The molecule has 0 atom stereocenters. The molecular formula is C15H20O. The van der Waals surface area contributed by atoms with Crippen molar-refractivity contribution in [3.63, 3.8) is 0 Å². The van der Waals surface area contributed by atoms with Crippen molar-refractivity contribution in [2.75, 3.05) is 0 Å². The van der Waals surface area contributed by atoms with Crippen LogP contribution in [-0.4, -0.2) is 5.78 Å². The van der Waals surface area contributed by atoms with Crippen LogP contribution in [0.4, 0.5) is 0 Å². The van der Waals surface area contributed by atoms with E-state index in [2.05, 4.69) is 39.0 Å². The minimum Gasteiger partial charge on any atom is -0.295 e. The molecular weight excluding hydrogens is 196 g/mol. The monoisotopic (exact) mass is 216 g/mol. The molecule has 0 unspecified atom stereocenters. The molecule has 1 nitrogen and oxygen atoms in total. The molecule has 0 saturated heterocycles. The van der Waals surface area contributed by atoms with Crippen LogP contribution in [0.3, 0.4) is 0 Å². The van der Waals surface area contributed by atoms with Gasteiger partial charge in [-0.25, -0.2) is 0 Å². The van der Waals surface area contributed by atoms with Crippen LogP contribution in [0.1, 0.15) is 47.8 Å². The van der Waals surface area contributed by atoms with E-state index < -0.39 is 0 Å². The van der Waals surface area contributed by atoms with Crippen LogP contribution in [0.25, 0.3) is 6.08 Å². The van der Waals surface area contributed by atoms with Crippen LogP contribution in [-0.2, 0) is 0 Å². The highest BCUT2D eigenvalue weighted by molar-refractivity contribution is 5.96. The number of aryl methyl sites for hydroxylation is 1. The Labute approximate surface area is 98.2 Å². The summed E-state index contributed by atoms with van der Waals surface area (Å²) in [5.41, 5.74) is 4.22. The fourth-order valence-electron chi connectivity index (χ4n) is 1.65. The summed E-state index contributed by atoms with van der Waals surface area (Å²) < 4.78 is 0. The minimum atomic E-state index is 0.139. The number of rotatable bonds is 3. The average Bonchev–Trinajstić information content (AvgIpc) is 2.19. The first-order chi connectivity index (χ1) is 7.41. The van der Waals surface area contributed by atoms with Gasteiger partial charge in [-0.3, -0.25) is 4.79 Å². The van der Waals surface area contributed by atoms with Gasteiger partial charge in [-0.15, -0.1) is 0 Å². The Morgan fingerprint density at radius 3 is 2.38 bits per heavy atom. The fourth-order valence-corrected chi connectivity index (χ4v) is 1.65. The van der Waals surface area contributed by atoms with Crippen molar-refractivity contribution < 1.29 is 4.79 Å². The maximum Gasteiger partial charge on any atom is 0.160 e. The van der Waals surface area contributed by atoms with E-state index in [0.717, 1.165) is 16.7 Å². The smallest absolute Gasteiger partial charge is 0.160 e. The molecule has 0 aromatic heterocycles. The zero-order valence-electron chi connectivity index (χ0n) is 10.8. The highest BCUT2D eigenvalue weighted by Gasteiger charge is 2.07. The number of hydrogen-bond acceptors (Lipinski definition) is 1. The second-order valence-corrected chi connectivity index (χ2v) is 4.67. The summed E-state index contributed by atoms with van der Waals surface area (Å²) in [4.78, 5) is 11.5. The lowest BCUT2D eigenvalue weighted by molar-refractivity contribution is 0.101. The van der Waals surface area contributed by atoms with Crippen molar-refractivity contribution in [1.82, 2.24) is 0 Å². The lowest BCUT2D eigenvalue weighted by Crippen LogP contribution is -1.99. The van der Waals surface area contributed by atoms with Crippen LogP contribution in [0, 0.1) is 19.8 Å². The largest absolute Gasteiger partial charge is 0.295 e. The third kappa shape index (κ3) is 3.06. The minimum absolute atomic E-state index is 0.139. The normalized spacial score (nSPS) is 11.4. The maximum atomic E-state index is 11.5. The van der Waals surface area contributed by atoms with E-state index in [9.17, 15) is 4.79 Å². The van der Waals surface area contributed by atoms with Crippen LogP contribution < -0.4 is 0 Å². The molecule has 16 heavy (non-hydrogen) atoms. The van der Waals surface area contributed by atoms with Crippen molar-refractivity contribution in [3.8, 4) is 0 Å². The first-order valence-electron chi connectivity index (χ1n) is 5.72. The van der Waals surface area contributed by atoms with E-state index in [-0.39, 0.29) is 5.78 Å². The van der Waals surface area contributed by atoms with Gasteiger partial charge in [0, 0.05) is 5.56 Å². The summed E-state index contributed by atoms with van der Waals surface area (Å²) in [5.74, 6) is 0.669. The molecule has 0 aliphatic carbocycles. The van der Waals surface area contributed by atoms with E-state index in [4.69, 9.17) is 0 Å². The van der Waals surface area contributed by atoms with Crippen molar-refractivity contribution in [2.45, 2.75) is 34.6 Å². The van der Waals surface area contributed by atoms with Crippen LogP contribution in [0.5, 0.6) is 0 Å². The van der Waals surface area contributed by atoms with E-state index in [1.165, 1.54) is 5.56 Å². The molecule has 0 heterocycles. The molecule has 0 fully saturated rings. The van der Waals surface area contributed by atoms with Crippen molar-refractivity contribution in [2.24, 2.45) is 5.92 Å². The third-order valence-electron chi connectivity index (χ3n) is 2.74. The number of hydrogen-bond donors (Lipinski definition) is 0. The molecule has 0 spiro atoms. The highest BCUT2D eigenvalue weighted by Crippen LogP contribution is 2.18. The molecule has 0 saturated carbocycles.